The lowest BCUT2D eigenvalue weighted by Crippen LogP contribution is -2.52. The van der Waals surface area contributed by atoms with E-state index in [4.69, 9.17) is 14.6 Å². The van der Waals surface area contributed by atoms with Gasteiger partial charge < -0.3 is 14.6 Å². The van der Waals surface area contributed by atoms with E-state index in [0.717, 1.165) is 25.7 Å². The van der Waals surface area contributed by atoms with E-state index < -0.39 is 11.3 Å². The Morgan fingerprint density at radius 2 is 1.96 bits per heavy atom. The second-order valence-corrected chi connectivity index (χ2v) is 8.78. The molecule has 0 spiro atoms. The SMILES string of the molecule is CC(C)C[C@H](CCCCO)[C@@H]1COC(C)(C)N1C(=O)OC(C)(C)C. The number of unbranched alkanes of at least 4 members (excludes halogenated alkanes) is 1. The summed E-state index contributed by atoms with van der Waals surface area (Å²) in [4.78, 5) is 14.6. The van der Waals surface area contributed by atoms with Gasteiger partial charge in [-0.15, -0.1) is 0 Å². The predicted molar refractivity (Wildman–Crippen MR) is 95.8 cm³/mol. The van der Waals surface area contributed by atoms with E-state index in [1.807, 2.05) is 34.6 Å². The van der Waals surface area contributed by atoms with E-state index in [2.05, 4.69) is 13.8 Å². The second kappa shape index (κ2) is 8.52. The van der Waals surface area contributed by atoms with Gasteiger partial charge in [0, 0.05) is 6.61 Å². The Labute approximate surface area is 147 Å². The van der Waals surface area contributed by atoms with Crippen LogP contribution in [0.25, 0.3) is 0 Å². The number of amides is 1. The summed E-state index contributed by atoms with van der Waals surface area (Å²) in [5.74, 6) is 0.902. The molecule has 1 aliphatic heterocycles. The summed E-state index contributed by atoms with van der Waals surface area (Å²) < 4.78 is 11.6. The van der Waals surface area contributed by atoms with Crippen molar-refractivity contribution in [1.82, 2.24) is 4.90 Å². The molecule has 1 aliphatic rings. The Hall–Kier alpha value is -0.810. The van der Waals surface area contributed by atoms with Gasteiger partial charge in [0.25, 0.3) is 0 Å². The highest BCUT2D eigenvalue weighted by molar-refractivity contribution is 5.69. The van der Waals surface area contributed by atoms with E-state index in [1.54, 1.807) is 4.90 Å². The van der Waals surface area contributed by atoms with Crippen molar-refractivity contribution in [1.29, 1.82) is 0 Å². The third-order valence-corrected chi connectivity index (χ3v) is 4.41. The minimum atomic E-state index is -0.654. The molecule has 1 amide bonds. The molecule has 1 rings (SSSR count). The van der Waals surface area contributed by atoms with E-state index in [0.29, 0.717) is 18.4 Å². The van der Waals surface area contributed by atoms with Crippen LogP contribution in [0.3, 0.4) is 0 Å². The molecule has 0 aliphatic carbocycles. The van der Waals surface area contributed by atoms with Crippen molar-refractivity contribution in [2.24, 2.45) is 11.8 Å². The highest BCUT2D eigenvalue weighted by Gasteiger charge is 2.48. The van der Waals surface area contributed by atoms with Gasteiger partial charge in [-0.05, 0) is 65.7 Å². The van der Waals surface area contributed by atoms with E-state index in [9.17, 15) is 4.79 Å². The van der Waals surface area contributed by atoms with Gasteiger partial charge in [0.05, 0.1) is 12.6 Å². The van der Waals surface area contributed by atoms with Crippen LogP contribution in [0.15, 0.2) is 0 Å². The molecule has 1 saturated heterocycles. The van der Waals surface area contributed by atoms with Gasteiger partial charge >= 0.3 is 6.09 Å². The first kappa shape index (κ1) is 21.2. The molecule has 1 fully saturated rings. The summed E-state index contributed by atoms with van der Waals surface area (Å²) in [6.45, 7) is 14.7. The van der Waals surface area contributed by atoms with Crippen molar-refractivity contribution in [3.63, 3.8) is 0 Å². The molecule has 142 valence electrons. The first-order chi connectivity index (χ1) is 11.0. The maximum absolute atomic E-state index is 12.8. The number of carbonyl (C=O) groups excluding carboxylic acids is 1. The summed E-state index contributed by atoms with van der Waals surface area (Å²) >= 11 is 0. The van der Waals surface area contributed by atoms with Gasteiger partial charge in [-0.2, -0.15) is 0 Å². The molecule has 0 radical (unpaired) electrons. The first-order valence-corrected chi connectivity index (χ1v) is 9.25. The van der Waals surface area contributed by atoms with E-state index in [-0.39, 0.29) is 18.7 Å². The number of carbonyl (C=O) groups is 1. The predicted octanol–water partition coefficient (Wildman–Crippen LogP) is 4.18. The second-order valence-electron chi connectivity index (χ2n) is 8.78. The van der Waals surface area contributed by atoms with Gasteiger partial charge in [-0.1, -0.05) is 20.3 Å². The molecule has 0 aromatic rings. The average molecular weight is 344 g/mol. The van der Waals surface area contributed by atoms with E-state index >= 15 is 0 Å². The van der Waals surface area contributed by atoms with Crippen LogP contribution in [0, 0.1) is 11.8 Å². The lowest BCUT2D eigenvalue weighted by molar-refractivity contribution is -0.0650. The molecule has 0 aromatic heterocycles. The van der Waals surface area contributed by atoms with Crippen molar-refractivity contribution in [3.8, 4) is 0 Å². The molecule has 1 N–H and O–H groups in total. The lowest BCUT2D eigenvalue weighted by Gasteiger charge is -2.38. The minimum absolute atomic E-state index is 0.0240. The zero-order chi connectivity index (χ0) is 18.5. The highest BCUT2D eigenvalue weighted by Crippen LogP contribution is 2.36. The van der Waals surface area contributed by atoms with E-state index in [1.165, 1.54) is 0 Å². The molecule has 0 bridgehead atoms. The standard InChI is InChI=1S/C19H37NO4/c1-14(2)12-15(10-8-9-11-21)16-13-23-19(6,7)20(16)17(22)24-18(3,4)5/h14-16,21H,8-13H2,1-7H3/t15-,16-/m0/s1. The number of rotatable bonds is 7. The van der Waals surface area contributed by atoms with Crippen molar-refractivity contribution in [2.45, 2.75) is 91.5 Å². The smallest absolute Gasteiger partial charge is 0.412 e. The monoisotopic (exact) mass is 343 g/mol. The van der Waals surface area contributed by atoms with Gasteiger partial charge in [0.2, 0.25) is 0 Å². The fourth-order valence-corrected chi connectivity index (χ4v) is 3.44. The number of aliphatic hydroxyl groups excluding tert-OH is 1. The molecule has 5 nitrogen and oxygen atoms in total. The van der Waals surface area contributed by atoms with Gasteiger partial charge in [-0.3, -0.25) is 4.90 Å². The van der Waals surface area contributed by atoms with Gasteiger partial charge in [-0.25, -0.2) is 4.79 Å². The maximum atomic E-state index is 12.8. The van der Waals surface area contributed by atoms with Crippen LogP contribution in [0.2, 0.25) is 0 Å². The zero-order valence-corrected chi connectivity index (χ0v) is 16.6. The first-order valence-electron chi connectivity index (χ1n) is 9.25. The minimum Gasteiger partial charge on any atom is -0.444 e. The Bertz CT molecular complexity index is 401. The van der Waals surface area contributed by atoms with Crippen molar-refractivity contribution in [2.75, 3.05) is 13.2 Å². The Kier molecular flexibility index (Phi) is 7.54. The maximum Gasteiger partial charge on any atom is 0.412 e. The van der Waals surface area contributed by atoms with Crippen LogP contribution < -0.4 is 0 Å². The normalized spacial score (nSPS) is 22.0. The van der Waals surface area contributed by atoms with Crippen molar-refractivity contribution >= 4 is 6.09 Å². The fourth-order valence-electron chi connectivity index (χ4n) is 3.44. The lowest BCUT2D eigenvalue weighted by atomic mass is 9.86. The number of hydrogen-bond acceptors (Lipinski definition) is 4. The topological polar surface area (TPSA) is 59.0 Å². The number of aliphatic hydroxyl groups is 1. The summed E-state index contributed by atoms with van der Waals surface area (Å²) in [6, 6.07) is 0.0240. The van der Waals surface area contributed by atoms with Crippen LogP contribution in [0.5, 0.6) is 0 Å². The molecule has 0 aromatic carbocycles. The molecule has 24 heavy (non-hydrogen) atoms. The fraction of sp³-hybridized carbons (Fsp3) is 0.947. The van der Waals surface area contributed by atoms with Crippen LogP contribution in [0.1, 0.15) is 74.1 Å². The third-order valence-electron chi connectivity index (χ3n) is 4.41. The number of hydrogen-bond donors (Lipinski definition) is 1. The Morgan fingerprint density at radius 3 is 2.46 bits per heavy atom. The van der Waals surface area contributed by atoms with Gasteiger partial charge in [0.15, 0.2) is 0 Å². The number of ether oxygens (including phenoxy) is 2. The average Bonchev–Trinajstić information content (AvgIpc) is 2.71. The Balaban J connectivity index is 2.95. The zero-order valence-electron chi connectivity index (χ0n) is 16.6. The molecule has 0 unspecified atom stereocenters. The van der Waals surface area contributed by atoms with Gasteiger partial charge in [0.1, 0.15) is 11.3 Å². The summed E-state index contributed by atoms with van der Waals surface area (Å²) in [5.41, 5.74) is -1.18. The van der Waals surface area contributed by atoms with Crippen molar-refractivity contribution in [3.05, 3.63) is 0 Å². The highest BCUT2D eigenvalue weighted by atomic mass is 16.6. The molecule has 5 heteroatoms. The summed E-state index contributed by atoms with van der Waals surface area (Å²) in [6.07, 6.45) is 3.49. The van der Waals surface area contributed by atoms with Crippen LogP contribution in [-0.2, 0) is 9.47 Å². The quantitative estimate of drug-likeness (QED) is 0.704. The van der Waals surface area contributed by atoms with Crippen molar-refractivity contribution < 1.29 is 19.4 Å². The third kappa shape index (κ3) is 6.25. The number of nitrogens with zero attached hydrogens (tertiary/aromatic N) is 1. The van der Waals surface area contributed by atoms with Crippen LogP contribution in [0.4, 0.5) is 4.79 Å². The molecular weight excluding hydrogens is 306 g/mol. The van der Waals surface area contributed by atoms with Crippen LogP contribution in [-0.4, -0.2) is 46.7 Å². The summed E-state index contributed by atoms with van der Waals surface area (Å²) in [7, 11) is 0. The molecule has 2 atom stereocenters. The molecular formula is C19H37NO4. The largest absolute Gasteiger partial charge is 0.444 e. The van der Waals surface area contributed by atoms with Crippen LogP contribution >= 0.6 is 0 Å². The molecule has 1 heterocycles. The summed E-state index contributed by atoms with van der Waals surface area (Å²) in [5, 5.41) is 9.07. The Morgan fingerprint density at radius 1 is 1.33 bits per heavy atom. The molecule has 0 saturated carbocycles.